The van der Waals surface area contributed by atoms with Crippen LogP contribution in [-0.4, -0.2) is 16.8 Å². The van der Waals surface area contributed by atoms with Gasteiger partial charge < -0.3 is 5.73 Å². The maximum Gasteiger partial charge on any atom is 0.221 e. The van der Waals surface area contributed by atoms with Crippen LogP contribution in [0, 0.1) is 0 Å². The first-order valence-electron chi connectivity index (χ1n) is 6.54. The molecule has 106 valence electrons. The van der Waals surface area contributed by atoms with Gasteiger partial charge in [-0.2, -0.15) is 0 Å². The van der Waals surface area contributed by atoms with Crippen LogP contribution in [0.3, 0.4) is 0 Å². The van der Waals surface area contributed by atoms with E-state index in [1.54, 1.807) is 6.20 Å². The van der Waals surface area contributed by atoms with E-state index in [-0.39, 0.29) is 5.24 Å². The van der Waals surface area contributed by atoms with E-state index in [4.69, 9.17) is 17.3 Å². The van der Waals surface area contributed by atoms with E-state index < -0.39 is 0 Å². The highest BCUT2D eigenvalue weighted by Gasteiger charge is 1.96. The highest BCUT2D eigenvalue weighted by atomic mass is 35.5. The number of hydrogen-bond acceptors (Lipinski definition) is 3. The summed E-state index contributed by atoms with van der Waals surface area (Å²) in [5.74, 6) is 0. The first-order chi connectivity index (χ1) is 9.72. The normalized spacial score (nSPS) is 9.50. The van der Waals surface area contributed by atoms with Gasteiger partial charge in [-0.25, -0.2) is 0 Å². The fraction of sp³-hybridized carbons (Fsp3) is 0.250. The van der Waals surface area contributed by atoms with Crippen LogP contribution < -0.4 is 5.73 Å². The molecule has 2 aromatic rings. The molecule has 0 aliphatic heterocycles. The highest BCUT2D eigenvalue weighted by molar-refractivity contribution is 6.63. The van der Waals surface area contributed by atoms with Crippen molar-refractivity contribution in [3.8, 4) is 0 Å². The third kappa shape index (κ3) is 7.67. The van der Waals surface area contributed by atoms with Gasteiger partial charge in [0.2, 0.25) is 5.24 Å². The van der Waals surface area contributed by atoms with Crippen LogP contribution in [0.4, 0.5) is 0 Å². The number of benzene rings is 1. The lowest BCUT2D eigenvalue weighted by molar-refractivity contribution is -0.111. The van der Waals surface area contributed by atoms with Crippen molar-refractivity contribution in [2.75, 3.05) is 6.54 Å². The quantitative estimate of drug-likeness (QED) is 0.861. The van der Waals surface area contributed by atoms with Gasteiger partial charge in [-0.15, -0.1) is 0 Å². The highest BCUT2D eigenvalue weighted by Crippen LogP contribution is 2.03. The Hall–Kier alpha value is -1.71. The number of hydrogen-bond donors (Lipinski definition) is 1. The number of nitrogens with zero attached hydrogens (tertiary/aromatic N) is 1. The molecular weight excluding hydrogens is 272 g/mol. The molecule has 0 bridgehead atoms. The van der Waals surface area contributed by atoms with Gasteiger partial charge in [0, 0.05) is 24.7 Å². The molecule has 3 nitrogen and oxygen atoms in total. The largest absolute Gasteiger partial charge is 0.330 e. The van der Waals surface area contributed by atoms with Crippen molar-refractivity contribution in [2.45, 2.75) is 19.3 Å². The lowest BCUT2D eigenvalue weighted by Gasteiger charge is -1.95. The average molecular weight is 291 g/mol. The molecule has 0 atom stereocenters. The van der Waals surface area contributed by atoms with Crippen molar-refractivity contribution >= 4 is 16.8 Å². The van der Waals surface area contributed by atoms with E-state index in [9.17, 15) is 4.79 Å². The van der Waals surface area contributed by atoms with Crippen molar-refractivity contribution in [2.24, 2.45) is 5.73 Å². The molecule has 0 aliphatic carbocycles. The first-order valence-corrected chi connectivity index (χ1v) is 6.92. The van der Waals surface area contributed by atoms with E-state index in [1.165, 1.54) is 0 Å². The van der Waals surface area contributed by atoms with Crippen LogP contribution in [-0.2, 0) is 17.6 Å². The summed E-state index contributed by atoms with van der Waals surface area (Å²) in [5, 5.41) is -0.270. The van der Waals surface area contributed by atoms with Gasteiger partial charge in [-0.05, 0) is 42.3 Å². The van der Waals surface area contributed by atoms with E-state index in [1.807, 2.05) is 48.5 Å². The van der Waals surface area contributed by atoms with E-state index in [0.29, 0.717) is 13.0 Å². The van der Waals surface area contributed by atoms with E-state index in [2.05, 4.69) is 4.98 Å². The SMILES string of the molecule is NCCc1ccccn1.O=C(Cl)CCc1ccccc1. The molecule has 4 heteroatoms. The minimum Gasteiger partial charge on any atom is -0.330 e. The van der Waals surface area contributed by atoms with E-state index in [0.717, 1.165) is 24.1 Å². The first kappa shape index (κ1) is 16.3. The molecule has 1 aromatic carbocycles. The Balaban J connectivity index is 0.000000204. The van der Waals surface area contributed by atoms with Crippen LogP contribution in [0.1, 0.15) is 17.7 Å². The zero-order valence-electron chi connectivity index (χ0n) is 11.3. The second kappa shape index (κ2) is 10.1. The molecule has 2 N–H and O–H groups in total. The van der Waals surface area contributed by atoms with Gasteiger partial charge in [0.25, 0.3) is 0 Å². The van der Waals surface area contributed by atoms with Crippen molar-refractivity contribution in [1.29, 1.82) is 0 Å². The topological polar surface area (TPSA) is 56.0 Å². The molecule has 0 saturated carbocycles. The second-order valence-electron chi connectivity index (χ2n) is 4.20. The summed E-state index contributed by atoms with van der Waals surface area (Å²) in [7, 11) is 0. The molecule has 0 amide bonds. The monoisotopic (exact) mass is 290 g/mol. The Morgan fingerprint density at radius 3 is 2.30 bits per heavy atom. The Bertz CT molecular complexity index is 488. The minimum absolute atomic E-state index is 0.270. The van der Waals surface area contributed by atoms with Gasteiger partial charge in [-0.1, -0.05) is 36.4 Å². The fourth-order valence-corrected chi connectivity index (χ4v) is 1.68. The number of carbonyl (C=O) groups excluding carboxylic acids is 1. The molecule has 0 aliphatic rings. The second-order valence-corrected chi connectivity index (χ2v) is 4.62. The van der Waals surface area contributed by atoms with Crippen molar-refractivity contribution in [3.05, 3.63) is 66.0 Å². The number of aryl methyl sites for hydroxylation is 1. The zero-order valence-corrected chi connectivity index (χ0v) is 12.1. The van der Waals surface area contributed by atoms with E-state index >= 15 is 0 Å². The summed E-state index contributed by atoms with van der Waals surface area (Å²) in [6.45, 7) is 0.678. The van der Waals surface area contributed by atoms with Crippen LogP contribution in [0.15, 0.2) is 54.7 Å². The predicted octanol–water partition coefficient (Wildman–Crippen LogP) is 2.97. The van der Waals surface area contributed by atoms with Gasteiger partial charge in [0.05, 0.1) is 0 Å². The number of halogens is 1. The smallest absolute Gasteiger partial charge is 0.221 e. The van der Waals surface area contributed by atoms with Gasteiger partial charge in [0.1, 0.15) is 0 Å². The third-order valence-electron chi connectivity index (χ3n) is 2.58. The number of nitrogens with two attached hydrogens (primary N) is 1. The van der Waals surface area contributed by atoms with Crippen LogP contribution in [0.5, 0.6) is 0 Å². The summed E-state index contributed by atoms with van der Waals surface area (Å²) in [6.07, 6.45) is 3.82. The lowest BCUT2D eigenvalue weighted by Crippen LogP contribution is -2.03. The Labute approximate surface area is 124 Å². The summed E-state index contributed by atoms with van der Waals surface area (Å²) >= 11 is 5.19. The summed E-state index contributed by atoms with van der Waals surface area (Å²) in [4.78, 5) is 14.5. The molecule has 0 fully saturated rings. The number of rotatable bonds is 5. The Morgan fingerprint density at radius 1 is 1.05 bits per heavy atom. The summed E-state index contributed by atoms with van der Waals surface area (Å²) in [6, 6.07) is 15.7. The fourth-order valence-electron chi connectivity index (χ4n) is 1.58. The average Bonchev–Trinajstić information content (AvgIpc) is 2.48. The van der Waals surface area contributed by atoms with Crippen molar-refractivity contribution < 1.29 is 4.79 Å². The molecule has 0 unspecified atom stereocenters. The molecule has 2 rings (SSSR count). The van der Waals surface area contributed by atoms with Gasteiger partial charge >= 0.3 is 0 Å². The summed E-state index contributed by atoms with van der Waals surface area (Å²) < 4.78 is 0. The predicted molar refractivity (Wildman–Crippen MR) is 82.6 cm³/mol. The number of carbonyl (C=O) groups is 1. The molecule has 20 heavy (non-hydrogen) atoms. The molecule has 1 aromatic heterocycles. The van der Waals surface area contributed by atoms with Crippen molar-refractivity contribution in [3.63, 3.8) is 0 Å². The van der Waals surface area contributed by atoms with Crippen LogP contribution in [0.25, 0.3) is 0 Å². The Morgan fingerprint density at radius 2 is 1.75 bits per heavy atom. The van der Waals surface area contributed by atoms with Crippen LogP contribution >= 0.6 is 11.6 Å². The third-order valence-corrected chi connectivity index (χ3v) is 2.77. The number of aromatic nitrogens is 1. The van der Waals surface area contributed by atoms with Crippen LogP contribution in [0.2, 0.25) is 0 Å². The molecule has 1 heterocycles. The molecule has 0 saturated heterocycles. The maximum atomic E-state index is 10.4. The minimum atomic E-state index is -0.270. The van der Waals surface area contributed by atoms with Gasteiger partial charge in [-0.3, -0.25) is 9.78 Å². The number of pyridine rings is 1. The van der Waals surface area contributed by atoms with Crippen molar-refractivity contribution in [1.82, 2.24) is 4.98 Å². The maximum absolute atomic E-state index is 10.4. The van der Waals surface area contributed by atoms with Gasteiger partial charge in [0.15, 0.2) is 0 Å². The lowest BCUT2D eigenvalue weighted by atomic mass is 10.1. The standard InChI is InChI=1S/C9H9ClO.C7H10N2/c10-9(11)7-6-8-4-2-1-3-5-8;8-5-4-7-3-1-2-6-9-7/h1-5H,6-7H2;1-3,6H,4-5,8H2. The zero-order chi connectivity index (χ0) is 14.6. The summed E-state index contributed by atoms with van der Waals surface area (Å²) in [5.41, 5.74) is 7.54. The molecule has 0 radical (unpaired) electrons. The Kier molecular flexibility index (Phi) is 8.27. The molecular formula is C16H19ClN2O. The molecule has 0 spiro atoms.